The monoisotopic (exact) mass is 279 g/mol. The summed E-state index contributed by atoms with van der Waals surface area (Å²) in [5.41, 5.74) is 3.32. The molecule has 0 saturated heterocycles. The summed E-state index contributed by atoms with van der Waals surface area (Å²) in [6, 6.07) is 18.0. The van der Waals surface area contributed by atoms with Gasteiger partial charge in [-0.15, -0.1) is 10.2 Å². The second-order valence-electron chi connectivity index (χ2n) is 4.86. The second-order valence-corrected chi connectivity index (χ2v) is 4.86. The van der Waals surface area contributed by atoms with Crippen molar-refractivity contribution in [3.05, 3.63) is 66.1 Å². The van der Waals surface area contributed by atoms with Crippen LogP contribution in [0.5, 0.6) is 0 Å². The fraction of sp³-hybridized carbons (Fsp3) is 0.176. The number of aromatic nitrogens is 2. The molecule has 0 aliphatic heterocycles. The summed E-state index contributed by atoms with van der Waals surface area (Å²) < 4.78 is 5.68. The van der Waals surface area contributed by atoms with Gasteiger partial charge in [0.2, 0.25) is 11.8 Å². The van der Waals surface area contributed by atoms with Crippen LogP contribution in [0.25, 0.3) is 11.5 Å². The normalized spacial score (nSPS) is 10.5. The van der Waals surface area contributed by atoms with Crippen molar-refractivity contribution in [2.24, 2.45) is 0 Å². The highest BCUT2D eigenvalue weighted by Crippen LogP contribution is 2.17. The molecule has 4 nitrogen and oxygen atoms in total. The SMILES string of the molecule is Cc1ccccc1NCCc1nnc(-c2ccccc2)o1. The average Bonchev–Trinajstić information content (AvgIpc) is 2.99. The fourth-order valence-electron chi connectivity index (χ4n) is 2.13. The lowest BCUT2D eigenvalue weighted by atomic mass is 10.2. The number of anilines is 1. The standard InChI is InChI=1S/C17H17N3O/c1-13-7-5-6-10-15(13)18-12-11-16-19-20-17(21-16)14-8-3-2-4-9-14/h2-10,18H,11-12H2,1H3. The van der Waals surface area contributed by atoms with E-state index in [4.69, 9.17) is 4.42 Å². The van der Waals surface area contributed by atoms with Gasteiger partial charge in [-0.1, -0.05) is 36.4 Å². The zero-order chi connectivity index (χ0) is 14.5. The molecule has 21 heavy (non-hydrogen) atoms. The van der Waals surface area contributed by atoms with Crippen molar-refractivity contribution in [3.8, 4) is 11.5 Å². The Bertz CT molecular complexity index is 707. The maximum atomic E-state index is 5.68. The van der Waals surface area contributed by atoms with Gasteiger partial charge >= 0.3 is 0 Å². The zero-order valence-corrected chi connectivity index (χ0v) is 11.9. The molecule has 1 heterocycles. The number of para-hydroxylation sites is 1. The van der Waals surface area contributed by atoms with Crippen LogP contribution < -0.4 is 5.32 Å². The molecule has 0 spiro atoms. The topological polar surface area (TPSA) is 51.0 Å². The molecule has 0 aliphatic carbocycles. The average molecular weight is 279 g/mol. The first-order valence-corrected chi connectivity index (χ1v) is 7.00. The van der Waals surface area contributed by atoms with Crippen molar-refractivity contribution in [3.63, 3.8) is 0 Å². The first-order chi connectivity index (χ1) is 10.3. The van der Waals surface area contributed by atoms with Crippen molar-refractivity contribution >= 4 is 5.69 Å². The lowest BCUT2D eigenvalue weighted by Gasteiger charge is -2.07. The molecule has 0 radical (unpaired) electrons. The summed E-state index contributed by atoms with van der Waals surface area (Å²) in [6.45, 7) is 2.85. The Kier molecular flexibility index (Phi) is 3.96. The van der Waals surface area contributed by atoms with Crippen LogP contribution >= 0.6 is 0 Å². The number of benzene rings is 2. The molecule has 0 aliphatic rings. The molecule has 0 saturated carbocycles. The van der Waals surface area contributed by atoms with Gasteiger partial charge in [0.25, 0.3) is 0 Å². The number of nitrogens with one attached hydrogen (secondary N) is 1. The van der Waals surface area contributed by atoms with Crippen molar-refractivity contribution < 1.29 is 4.42 Å². The summed E-state index contributed by atoms with van der Waals surface area (Å²) in [6.07, 6.45) is 0.703. The lowest BCUT2D eigenvalue weighted by Crippen LogP contribution is -2.06. The summed E-state index contributed by atoms with van der Waals surface area (Å²) >= 11 is 0. The Morgan fingerprint density at radius 1 is 0.952 bits per heavy atom. The molecular weight excluding hydrogens is 262 g/mol. The predicted molar refractivity (Wildman–Crippen MR) is 83.1 cm³/mol. The lowest BCUT2D eigenvalue weighted by molar-refractivity contribution is 0.509. The van der Waals surface area contributed by atoms with Gasteiger partial charge in [-0.05, 0) is 30.7 Å². The molecule has 3 aromatic rings. The smallest absolute Gasteiger partial charge is 0.247 e. The number of rotatable bonds is 5. The number of nitrogens with zero attached hydrogens (tertiary/aromatic N) is 2. The van der Waals surface area contributed by atoms with E-state index in [9.17, 15) is 0 Å². The van der Waals surface area contributed by atoms with E-state index in [0.717, 1.165) is 17.8 Å². The molecule has 2 aromatic carbocycles. The van der Waals surface area contributed by atoms with E-state index in [2.05, 4.69) is 34.6 Å². The van der Waals surface area contributed by atoms with Crippen LogP contribution in [0.4, 0.5) is 5.69 Å². The van der Waals surface area contributed by atoms with Crippen LogP contribution in [0.15, 0.2) is 59.0 Å². The summed E-state index contributed by atoms with van der Waals surface area (Å²) in [4.78, 5) is 0. The second kappa shape index (κ2) is 6.22. The van der Waals surface area contributed by atoms with Crippen LogP contribution in [0, 0.1) is 6.92 Å². The fourth-order valence-corrected chi connectivity index (χ4v) is 2.13. The van der Waals surface area contributed by atoms with Crippen molar-refractivity contribution in [1.82, 2.24) is 10.2 Å². The van der Waals surface area contributed by atoms with Gasteiger partial charge in [-0.3, -0.25) is 0 Å². The molecule has 1 N–H and O–H groups in total. The van der Waals surface area contributed by atoms with Crippen LogP contribution in [-0.2, 0) is 6.42 Å². The van der Waals surface area contributed by atoms with E-state index in [-0.39, 0.29) is 0 Å². The summed E-state index contributed by atoms with van der Waals surface area (Å²) in [5.74, 6) is 1.22. The van der Waals surface area contributed by atoms with Crippen LogP contribution in [0.3, 0.4) is 0 Å². The van der Waals surface area contributed by atoms with Gasteiger partial charge < -0.3 is 9.73 Å². The van der Waals surface area contributed by atoms with E-state index in [0.29, 0.717) is 18.2 Å². The van der Waals surface area contributed by atoms with Crippen molar-refractivity contribution in [2.45, 2.75) is 13.3 Å². The Hall–Kier alpha value is -2.62. The van der Waals surface area contributed by atoms with Gasteiger partial charge in [-0.25, -0.2) is 0 Å². The van der Waals surface area contributed by atoms with Gasteiger partial charge in [0.1, 0.15) is 0 Å². The minimum absolute atomic E-state index is 0.571. The Labute approximate surface area is 123 Å². The highest BCUT2D eigenvalue weighted by atomic mass is 16.4. The molecule has 0 amide bonds. The van der Waals surface area contributed by atoms with E-state index in [1.165, 1.54) is 5.56 Å². The maximum Gasteiger partial charge on any atom is 0.247 e. The number of hydrogen-bond donors (Lipinski definition) is 1. The third-order valence-electron chi connectivity index (χ3n) is 3.29. The summed E-state index contributed by atoms with van der Waals surface area (Å²) in [5, 5.41) is 11.6. The highest BCUT2D eigenvalue weighted by Gasteiger charge is 2.07. The van der Waals surface area contributed by atoms with Crippen LogP contribution in [-0.4, -0.2) is 16.7 Å². The van der Waals surface area contributed by atoms with Gasteiger partial charge in [0, 0.05) is 24.2 Å². The molecule has 106 valence electrons. The minimum atomic E-state index is 0.571. The Morgan fingerprint density at radius 2 is 1.71 bits per heavy atom. The number of hydrogen-bond acceptors (Lipinski definition) is 4. The van der Waals surface area contributed by atoms with Gasteiger partial charge in [-0.2, -0.15) is 0 Å². The van der Waals surface area contributed by atoms with E-state index in [1.54, 1.807) is 0 Å². The van der Waals surface area contributed by atoms with Gasteiger partial charge in [0.15, 0.2) is 0 Å². The molecule has 1 aromatic heterocycles. The summed E-state index contributed by atoms with van der Waals surface area (Å²) in [7, 11) is 0. The first-order valence-electron chi connectivity index (χ1n) is 7.00. The Balaban J connectivity index is 1.60. The largest absolute Gasteiger partial charge is 0.421 e. The zero-order valence-electron chi connectivity index (χ0n) is 11.9. The molecule has 4 heteroatoms. The molecule has 3 rings (SSSR count). The van der Waals surface area contributed by atoms with Crippen LogP contribution in [0.2, 0.25) is 0 Å². The molecule has 0 atom stereocenters. The number of aryl methyl sites for hydroxylation is 1. The van der Waals surface area contributed by atoms with Gasteiger partial charge in [0.05, 0.1) is 0 Å². The maximum absolute atomic E-state index is 5.68. The molecule has 0 fully saturated rings. The minimum Gasteiger partial charge on any atom is -0.421 e. The molecular formula is C17H17N3O. The van der Waals surface area contributed by atoms with Crippen LogP contribution in [0.1, 0.15) is 11.5 Å². The molecule has 0 unspecified atom stereocenters. The third-order valence-corrected chi connectivity index (χ3v) is 3.29. The van der Waals surface area contributed by atoms with Crippen molar-refractivity contribution in [1.29, 1.82) is 0 Å². The quantitative estimate of drug-likeness (QED) is 0.773. The molecule has 0 bridgehead atoms. The highest BCUT2D eigenvalue weighted by molar-refractivity contribution is 5.52. The predicted octanol–water partition coefficient (Wildman–Crippen LogP) is 3.70. The van der Waals surface area contributed by atoms with E-state index >= 15 is 0 Å². The van der Waals surface area contributed by atoms with Crippen molar-refractivity contribution in [2.75, 3.05) is 11.9 Å². The Morgan fingerprint density at radius 3 is 2.52 bits per heavy atom. The van der Waals surface area contributed by atoms with E-state index < -0.39 is 0 Å². The first kappa shape index (κ1) is 13.4. The third kappa shape index (κ3) is 3.28. The van der Waals surface area contributed by atoms with E-state index in [1.807, 2.05) is 42.5 Å².